The molecule has 0 N–H and O–H groups in total. The van der Waals surface area contributed by atoms with Crippen molar-refractivity contribution in [2.24, 2.45) is 7.05 Å². The molecule has 1 fully saturated rings. The molecular formula is C16H20N4OS. The summed E-state index contributed by atoms with van der Waals surface area (Å²) in [5, 5.41) is 2.11. The average Bonchev–Trinajstić information content (AvgIpc) is 3.07. The summed E-state index contributed by atoms with van der Waals surface area (Å²) in [5.41, 5.74) is 2.17. The fraction of sp³-hybridized carbons (Fsp3) is 0.500. The molecule has 0 spiro atoms. The molecule has 0 aromatic carbocycles. The first-order valence-corrected chi connectivity index (χ1v) is 8.64. The van der Waals surface area contributed by atoms with Gasteiger partial charge in [0.25, 0.3) is 0 Å². The van der Waals surface area contributed by atoms with Gasteiger partial charge in [-0.1, -0.05) is 6.07 Å². The molecular weight excluding hydrogens is 296 g/mol. The Labute approximate surface area is 134 Å². The number of fused-ring (bicyclic) bond motifs is 1. The molecule has 4 heterocycles. The molecule has 2 aliphatic heterocycles. The SMILES string of the molecule is Cn1cnc2c1[C@H](C(=O)N1CCC1)CN(Cc1cccs1)C2. The fourth-order valence-electron chi connectivity index (χ4n) is 3.37. The minimum atomic E-state index is -0.0727. The minimum absolute atomic E-state index is 0.0727. The summed E-state index contributed by atoms with van der Waals surface area (Å²) in [7, 11) is 2.00. The van der Waals surface area contributed by atoms with Gasteiger partial charge in [0.15, 0.2) is 0 Å². The summed E-state index contributed by atoms with van der Waals surface area (Å²) >= 11 is 1.77. The van der Waals surface area contributed by atoms with E-state index in [1.165, 1.54) is 4.88 Å². The van der Waals surface area contributed by atoms with Gasteiger partial charge in [-0.3, -0.25) is 9.69 Å². The lowest BCUT2D eigenvalue weighted by molar-refractivity contribution is -0.137. The van der Waals surface area contributed by atoms with E-state index in [0.29, 0.717) is 0 Å². The molecule has 22 heavy (non-hydrogen) atoms. The van der Waals surface area contributed by atoms with Gasteiger partial charge in [-0.2, -0.15) is 0 Å². The normalized spacial score (nSPS) is 21.5. The Morgan fingerprint density at radius 3 is 3.00 bits per heavy atom. The molecule has 2 aromatic rings. The fourth-order valence-corrected chi connectivity index (χ4v) is 4.12. The maximum absolute atomic E-state index is 12.8. The zero-order chi connectivity index (χ0) is 15.1. The quantitative estimate of drug-likeness (QED) is 0.867. The summed E-state index contributed by atoms with van der Waals surface area (Å²) in [5.74, 6) is 0.198. The highest BCUT2D eigenvalue weighted by atomic mass is 32.1. The van der Waals surface area contributed by atoms with Crippen molar-refractivity contribution in [1.82, 2.24) is 19.4 Å². The Balaban J connectivity index is 1.60. The Bertz CT molecular complexity index is 674. The van der Waals surface area contributed by atoms with E-state index in [4.69, 9.17) is 0 Å². The van der Waals surface area contributed by atoms with Crippen molar-refractivity contribution in [3.63, 3.8) is 0 Å². The monoisotopic (exact) mass is 316 g/mol. The van der Waals surface area contributed by atoms with E-state index in [0.717, 1.165) is 50.5 Å². The Morgan fingerprint density at radius 2 is 2.32 bits per heavy atom. The molecule has 116 valence electrons. The third-order valence-corrected chi connectivity index (χ3v) is 5.49. The molecule has 2 aromatic heterocycles. The van der Waals surface area contributed by atoms with Crippen LogP contribution in [0.15, 0.2) is 23.8 Å². The van der Waals surface area contributed by atoms with Gasteiger partial charge in [-0.25, -0.2) is 4.98 Å². The highest BCUT2D eigenvalue weighted by Crippen LogP contribution is 2.31. The van der Waals surface area contributed by atoms with Crippen LogP contribution in [0.4, 0.5) is 0 Å². The molecule has 1 amide bonds. The van der Waals surface area contributed by atoms with Crippen LogP contribution in [0, 0.1) is 0 Å². The predicted molar refractivity (Wildman–Crippen MR) is 85.6 cm³/mol. The second-order valence-electron chi connectivity index (χ2n) is 6.17. The Morgan fingerprint density at radius 1 is 1.45 bits per heavy atom. The average molecular weight is 316 g/mol. The van der Waals surface area contributed by atoms with Crippen molar-refractivity contribution < 1.29 is 4.79 Å². The number of aromatic nitrogens is 2. The van der Waals surface area contributed by atoms with Crippen molar-refractivity contribution >= 4 is 17.2 Å². The number of amides is 1. The van der Waals surface area contributed by atoms with Crippen LogP contribution in [0.2, 0.25) is 0 Å². The van der Waals surface area contributed by atoms with Crippen LogP contribution in [-0.2, 0) is 24.9 Å². The summed E-state index contributed by atoms with van der Waals surface area (Å²) in [6.45, 7) is 4.34. The molecule has 2 aliphatic rings. The van der Waals surface area contributed by atoms with Gasteiger partial charge in [0, 0.05) is 44.6 Å². The highest BCUT2D eigenvalue weighted by molar-refractivity contribution is 7.09. The Hall–Kier alpha value is -1.66. The molecule has 0 unspecified atom stereocenters. The molecule has 0 radical (unpaired) electrons. The van der Waals surface area contributed by atoms with Crippen LogP contribution in [0.3, 0.4) is 0 Å². The summed E-state index contributed by atoms with van der Waals surface area (Å²) in [6.07, 6.45) is 2.98. The van der Waals surface area contributed by atoms with Crippen LogP contribution in [0.5, 0.6) is 0 Å². The van der Waals surface area contributed by atoms with E-state index in [1.54, 1.807) is 11.3 Å². The van der Waals surface area contributed by atoms with Gasteiger partial charge < -0.3 is 9.47 Å². The van der Waals surface area contributed by atoms with E-state index >= 15 is 0 Å². The number of aryl methyl sites for hydroxylation is 1. The zero-order valence-corrected chi connectivity index (χ0v) is 13.6. The van der Waals surface area contributed by atoms with Crippen LogP contribution in [-0.4, -0.2) is 44.9 Å². The van der Waals surface area contributed by atoms with Crippen molar-refractivity contribution in [2.75, 3.05) is 19.6 Å². The Kier molecular flexibility index (Phi) is 3.50. The molecule has 0 bridgehead atoms. The van der Waals surface area contributed by atoms with Crippen LogP contribution < -0.4 is 0 Å². The predicted octanol–water partition coefficient (Wildman–Crippen LogP) is 1.81. The van der Waals surface area contributed by atoms with E-state index in [-0.39, 0.29) is 11.8 Å². The lowest BCUT2D eigenvalue weighted by atomic mass is 9.95. The summed E-state index contributed by atoms with van der Waals surface area (Å²) < 4.78 is 2.03. The lowest BCUT2D eigenvalue weighted by Crippen LogP contribution is -2.48. The molecule has 4 rings (SSSR count). The van der Waals surface area contributed by atoms with E-state index < -0.39 is 0 Å². The second-order valence-corrected chi connectivity index (χ2v) is 7.20. The first kappa shape index (κ1) is 14.0. The lowest BCUT2D eigenvalue weighted by Gasteiger charge is -2.38. The smallest absolute Gasteiger partial charge is 0.233 e. The second kappa shape index (κ2) is 5.52. The summed E-state index contributed by atoms with van der Waals surface area (Å²) in [6, 6.07) is 4.24. The van der Waals surface area contributed by atoms with Gasteiger partial charge in [0.2, 0.25) is 5.91 Å². The molecule has 1 saturated heterocycles. The van der Waals surface area contributed by atoms with Crippen LogP contribution in [0.1, 0.15) is 28.6 Å². The van der Waals surface area contributed by atoms with Gasteiger partial charge in [0.05, 0.1) is 23.6 Å². The molecule has 6 heteroatoms. The number of nitrogens with zero attached hydrogens (tertiary/aromatic N) is 4. The van der Waals surface area contributed by atoms with Crippen LogP contribution >= 0.6 is 11.3 Å². The van der Waals surface area contributed by atoms with Gasteiger partial charge >= 0.3 is 0 Å². The van der Waals surface area contributed by atoms with Gasteiger partial charge in [0.1, 0.15) is 0 Å². The van der Waals surface area contributed by atoms with Gasteiger partial charge in [-0.15, -0.1) is 11.3 Å². The molecule has 0 saturated carbocycles. The first-order chi connectivity index (χ1) is 10.7. The zero-order valence-electron chi connectivity index (χ0n) is 12.7. The molecule has 0 aliphatic carbocycles. The van der Waals surface area contributed by atoms with Crippen molar-refractivity contribution in [3.05, 3.63) is 40.1 Å². The minimum Gasteiger partial charge on any atom is -0.342 e. The number of carbonyl (C=O) groups excluding carboxylic acids is 1. The van der Waals surface area contributed by atoms with E-state index in [1.807, 2.05) is 22.8 Å². The standard InChI is InChI=1S/C16H20N4OS/c1-18-11-17-14-10-19(8-12-4-2-7-22-12)9-13(15(14)18)16(21)20-5-3-6-20/h2,4,7,11,13H,3,5-6,8-10H2,1H3/t13-/m1/s1. The van der Waals surface area contributed by atoms with Crippen LogP contribution in [0.25, 0.3) is 0 Å². The van der Waals surface area contributed by atoms with Crippen molar-refractivity contribution in [2.45, 2.75) is 25.4 Å². The maximum atomic E-state index is 12.8. The molecule has 5 nitrogen and oxygen atoms in total. The first-order valence-electron chi connectivity index (χ1n) is 7.76. The summed E-state index contributed by atoms with van der Waals surface area (Å²) in [4.78, 5) is 23.0. The van der Waals surface area contributed by atoms with Crippen molar-refractivity contribution in [3.8, 4) is 0 Å². The van der Waals surface area contributed by atoms with E-state index in [9.17, 15) is 4.79 Å². The molecule has 1 atom stereocenters. The largest absolute Gasteiger partial charge is 0.342 e. The maximum Gasteiger partial charge on any atom is 0.233 e. The third-order valence-electron chi connectivity index (χ3n) is 4.63. The number of carbonyl (C=O) groups is 1. The number of hydrogen-bond acceptors (Lipinski definition) is 4. The number of thiophene rings is 1. The number of rotatable bonds is 3. The highest BCUT2D eigenvalue weighted by Gasteiger charge is 2.37. The van der Waals surface area contributed by atoms with Gasteiger partial charge in [-0.05, 0) is 17.9 Å². The number of imidazole rings is 1. The number of likely N-dealkylation sites (tertiary alicyclic amines) is 1. The third kappa shape index (κ3) is 2.36. The van der Waals surface area contributed by atoms with Crippen molar-refractivity contribution in [1.29, 1.82) is 0 Å². The van der Waals surface area contributed by atoms with E-state index in [2.05, 4.69) is 27.4 Å². The number of hydrogen-bond donors (Lipinski definition) is 0. The topological polar surface area (TPSA) is 41.4 Å².